The molecule has 0 radical (unpaired) electrons. The summed E-state index contributed by atoms with van der Waals surface area (Å²) in [6, 6.07) is 8.41. The highest BCUT2D eigenvalue weighted by Crippen LogP contribution is 2.26. The Kier molecular flexibility index (Phi) is 4.07. The summed E-state index contributed by atoms with van der Waals surface area (Å²) >= 11 is 2.30. The molecule has 0 spiro atoms. The first-order valence-corrected chi connectivity index (χ1v) is 7.16. The first kappa shape index (κ1) is 12.9. The molecule has 0 aliphatic carbocycles. The summed E-state index contributed by atoms with van der Waals surface area (Å²) in [5.74, 6) is 1.44. The first-order valence-electron chi connectivity index (χ1n) is 6.08. The van der Waals surface area contributed by atoms with Crippen LogP contribution >= 0.6 is 22.6 Å². The number of benzene rings is 1. The Morgan fingerprint density at radius 1 is 1.35 bits per heavy atom. The van der Waals surface area contributed by atoms with Crippen molar-refractivity contribution in [1.82, 2.24) is 4.90 Å². The zero-order valence-electron chi connectivity index (χ0n) is 10.3. The molecule has 1 aromatic carbocycles. The zero-order chi connectivity index (χ0) is 12.4. The number of amides is 1. The van der Waals surface area contributed by atoms with Crippen molar-refractivity contribution in [2.24, 2.45) is 11.8 Å². The Labute approximate surface area is 117 Å². The third kappa shape index (κ3) is 3.21. The Morgan fingerprint density at radius 3 is 2.53 bits per heavy atom. The molecule has 3 heteroatoms. The lowest BCUT2D eigenvalue weighted by Crippen LogP contribution is -2.25. The molecule has 0 aromatic heterocycles. The van der Waals surface area contributed by atoms with E-state index in [0.29, 0.717) is 17.7 Å². The lowest BCUT2D eigenvalue weighted by molar-refractivity contribution is -0.128. The van der Waals surface area contributed by atoms with Gasteiger partial charge in [0.25, 0.3) is 0 Å². The Hall–Kier alpha value is -0.580. The minimum absolute atomic E-state index is 0.308. The van der Waals surface area contributed by atoms with Crippen LogP contribution in [0.15, 0.2) is 24.3 Å². The van der Waals surface area contributed by atoms with E-state index in [-0.39, 0.29) is 0 Å². The van der Waals surface area contributed by atoms with E-state index in [1.54, 1.807) is 0 Å². The number of carbonyl (C=O) groups is 1. The summed E-state index contributed by atoms with van der Waals surface area (Å²) < 4.78 is 1.24. The lowest BCUT2D eigenvalue weighted by Gasteiger charge is -2.18. The molecule has 0 N–H and O–H groups in total. The highest BCUT2D eigenvalue weighted by Gasteiger charge is 2.30. The number of hydrogen-bond donors (Lipinski definition) is 0. The fraction of sp³-hybridized carbons (Fsp3) is 0.500. The van der Waals surface area contributed by atoms with E-state index >= 15 is 0 Å². The van der Waals surface area contributed by atoms with Crippen molar-refractivity contribution in [2.75, 3.05) is 6.54 Å². The van der Waals surface area contributed by atoms with Gasteiger partial charge in [-0.15, -0.1) is 0 Å². The quantitative estimate of drug-likeness (QED) is 0.772. The minimum atomic E-state index is 0.308. The average molecular weight is 343 g/mol. The van der Waals surface area contributed by atoms with Gasteiger partial charge in [-0.1, -0.05) is 26.0 Å². The van der Waals surface area contributed by atoms with Crippen LogP contribution in [-0.2, 0) is 11.3 Å². The molecular formula is C14H18INO. The molecular weight excluding hydrogens is 325 g/mol. The van der Waals surface area contributed by atoms with Crippen LogP contribution in [0.25, 0.3) is 0 Å². The van der Waals surface area contributed by atoms with Gasteiger partial charge in [-0.25, -0.2) is 0 Å². The van der Waals surface area contributed by atoms with Crippen molar-refractivity contribution in [3.05, 3.63) is 33.4 Å². The van der Waals surface area contributed by atoms with E-state index < -0.39 is 0 Å². The van der Waals surface area contributed by atoms with Gasteiger partial charge >= 0.3 is 0 Å². The van der Waals surface area contributed by atoms with Crippen molar-refractivity contribution >= 4 is 28.5 Å². The highest BCUT2D eigenvalue weighted by atomic mass is 127. The monoisotopic (exact) mass is 343 g/mol. The zero-order valence-corrected chi connectivity index (χ0v) is 12.5. The van der Waals surface area contributed by atoms with E-state index in [0.717, 1.165) is 19.5 Å². The van der Waals surface area contributed by atoms with Crippen LogP contribution in [0.4, 0.5) is 0 Å². The standard InChI is InChI=1S/C14H18INO/c1-10(2)12-7-14(17)16(9-12)8-11-3-5-13(15)6-4-11/h3-6,10,12H,7-9H2,1-2H3. The maximum Gasteiger partial charge on any atom is 0.223 e. The summed E-state index contributed by atoms with van der Waals surface area (Å²) in [5, 5.41) is 0. The molecule has 2 rings (SSSR count). The minimum Gasteiger partial charge on any atom is -0.338 e. The van der Waals surface area contributed by atoms with Crippen LogP contribution in [0.5, 0.6) is 0 Å². The largest absolute Gasteiger partial charge is 0.338 e. The van der Waals surface area contributed by atoms with Gasteiger partial charge in [-0.2, -0.15) is 0 Å². The molecule has 1 unspecified atom stereocenters. The molecule has 1 fully saturated rings. The predicted octanol–water partition coefficient (Wildman–Crippen LogP) is 3.30. The normalized spacial score (nSPS) is 20.4. The molecule has 1 aromatic rings. The van der Waals surface area contributed by atoms with E-state index in [4.69, 9.17) is 0 Å². The summed E-state index contributed by atoms with van der Waals surface area (Å²) in [4.78, 5) is 13.9. The van der Waals surface area contributed by atoms with E-state index in [1.807, 2.05) is 4.90 Å². The molecule has 0 saturated carbocycles. The van der Waals surface area contributed by atoms with Crippen molar-refractivity contribution < 1.29 is 4.79 Å². The number of carbonyl (C=O) groups excluding carboxylic acids is 1. The van der Waals surface area contributed by atoms with Crippen LogP contribution in [-0.4, -0.2) is 17.4 Å². The third-order valence-electron chi connectivity index (χ3n) is 3.47. The van der Waals surface area contributed by atoms with E-state index in [9.17, 15) is 4.79 Å². The maximum atomic E-state index is 11.9. The smallest absolute Gasteiger partial charge is 0.223 e. The second-order valence-electron chi connectivity index (χ2n) is 5.11. The molecule has 1 amide bonds. The summed E-state index contributed by atoms with van der Waals surface area (Å²) in [6.45, 7) is 6.08. The van der Waals surface area contributed by atoms with Crippen LogP contribution in [0.1, 0.15) is 25.8 Å². The van der Waals surface area contributed by atoms with Crippen molar-refractivity contribution in [2.45, 2.75) is 26.8 Å². The van der Waals surface area contributed by atoms with Gasteiger partial charge < -0.3 is 4.90 Å². The first-order chi connectivity index (χ1) is 8.06. The summed E-state index contributed by atoms with van der Waals surface area (Å²) in [7, 11) is 0. The van der Waals surface area contributed by atoms with Gasteiger partial charge in [0.2, 0.25) is 5.91 Å². The van der Waals surface area contributed by atoms with Gasteiger partial charge in [0.1, 0.15) is 0 Å². The maximum absolute atomic E-state index is 11.9. The fourth-order valence-electron chi connectivity index (χ4n) is 2.21. The summed E-state index contributed by atoms with van der Waals surface area (Å²) in [6.07, 6.45) is 0.724. The summed E-state index contributed by atoms with van der Waals surface area (Å²) in [5.41, 5.74) is 1.23. The number of likely N-dealkylation sites (tertiary alicyclic amines) is 1. The fourth-order valence-corrected chi connectivity index (χ4v) is 2.57. The molecule has 17 heavy (non-hydrogen) atoms. The molecule has 2 nitrogen and oxygen atoms in total. The topological polar surface area (TPSA) is 20.3 Å². The lowest BCUT2D eigenvalue weighted by atomic mass is 9.95. The Bertz CT molecular complexity index is 399. The van der Waals surface area contributed by atoms with Gasteiger partial charge in [0.05, 0.1) is 0 Å². The number of rotatable bonds is 3. The van der Waals surface area contributed by atoms with Gasteiger partial charge in [0.15, 0.2) is 0 Å². The van der Waals surface area contributed by atoms with Gasteiger partial charge in [0, 0.05) is 23.1 Å². The van der Waals surface area contributed by atoms with Crippen molar-refractivity contribution in [1.29, 1.82) is 0 Å². The van der Waals surface area contributed by atoms with Gasteiger partial charge in [-0.3, -0.25) is 4.79 Å². The molecule has 0 bridgehead atoms. The molecule has 92 valence electrons. The third-order valence-corrected chi connectivity index (χ3v) is 4.19. The number of hydrogen-bond acceptors (Lipinski definition) is 1. The van der Waals surface area contributed by atoms with Crippen LogP contribution in [0, 0.1) is 15.4 Å². The molecule has 1 aliphatic rings. The SMILES string of the molecule is CC(C)C1CC(=O)N(Cc2ccc(I)cc2)C1. The average Bonchev–Trinajstić information content (AvgIpc) is 2.64. The molecule has 1 heterocycles. The predicted molar refractivity (Wildman–Crippen MR) is 77.5 cm³/mol. The van der Waals surface area contributed by atoms with Crippen LogP contribution in [0.3, 0.4) is 0 Å². The molecule has 1 atom stereocenters. The van der Waals surface area contributed by atoms with Crippen molar-refractivity contribution in [3.63, 3.8) is 0 Å². The van der Waals surface area contributed by atoms with E-state index in [1.165, 1.54) is 9.13 Å². The Balaban J connectivity index is 2.00. The second-order valence-corrected chi connectivity index (χ2v) is 6.35. The van der Waals surface area contributed by atoms with Crippen LogP contribution < -0.4 is 0 Å². The molecule has 1 aliphatic heterocycles. The van der Waals surface area contributed by atoms with Gasteiger partial charge in [-0.05, 0) is 52.1 Å². The van der Waals surface area contributed by atoms with Crippen LogP contribution in [0.2, 0.25) is 0 Å². The van der Waals surface area contributed by atoms with Crippen molar-refractivity contribution in [3.8, 4) is 0 Å². The van der Waals surface area contributed by atoms with E-state index in [2.05, 4.69) is 60.7 Å². The second kappa shape index (κ2) is 5.38. The highest BCUT2D eigenvalue weighted by molar-refractivity contribution is 14.1. The number of nitrogens with zero attached hydrogens (tertiary/aromatic N) is 1. The number of halogens is 1. The molecule has 1 saturated heterocycles. The Morgan fingerprint density at radius 2 is 2.00 bits per heavy atom.